The summed E-state index contributed by atoms with van der Waals surface area (Å²) in [5, 5.41) is 3.84. The van der Waals surface area contributed by atoms with Crippen molar-refractivity contribution >= 4 is 44.0 Å². The summed E-state index contributed by atoms with van der Waals surface area (Å²) in [5.74, 6) is -0.961. The van der Waals surface area contributed by atoms with Crippen molar-refractivity contribution in [1.29, 1.82) is 0 Å². The van der Waals surface area contributed by atoms with Crippen molar-refractivity contribution in [1.82, 2.24) is 10.1 Å². The number of amides is 1. The molecule has 0 heterocycles. The fraction of sp³-hybridized carbons (Fsp3) is 0.0870. The molecule has 0 saturated heterocycles. The van der Waals surface area contributed by atoms with Crippen molar-refractivity contribution in [2.45, 2.75) is 11.8 Å². The van der Waals surface area contributed by atoms with E-state index in [1.165, 1.54) is 18.3 Å². The van der Waals surface area contributed by atoms with Crippen LogP contribution in [0.5, 0.6) is 5.75 Å². The van der Waals surface area contributed by atoms with Crippen LogP contribution in [-0.2, 0) is 14.8 Å². The normalized spacial score (nSPS) is 11.3. The van der Waals surface area contributed by atoms with Crippen LogP contribution in [0.15, 0.2) is 87.3 Å². The number of benzene rings is 3. The minimum atomic E-state index is -3.81. The molecular formula is C23H20BrN3O5S. The topological polar surface area (TPSA) is 114 Å². The molecule has 0 aliphatic carbocycles. The number of rotatable bonds is 8. The molecule has 0 aliphatic heterocycles. The van der Waals surface area contributed by atoms with Crippen molar-refractivity contribution in [3.05, 3.63) is 94.0 Å². The molecule has 33 heavy (non-hydrogen) atoms. The van der Waals surface area contributed by atoms with Crippen molar-refractivity contribution in [3.63, 3.8) is 0 Å². The number of esters is 1. The second kappa shape index (κ2) is 11.0. The first-order chi connectivity index (χ1) is 15.7. The summed E-state index contributed by atoms with van der Waals surface area (Å²) in [7, 11) is -3.81. The standard InChI is InChI=1S/C23H20BrN3O5S/c1-16-7-9-17(10-8-16)23(29)32-21-12-11-19(24)13-18(21)14-25-27-22(28)15-26-33(30,31)20-5-3-2-4-6-20/h2-14,26H,15H2,1H3,(H,27,28)/b25-14+. The fourth-order valence-corrected chi connectivity index (χ4v) is 4.00. The zero-order valence-corrected chi connectivity index (χ0v) is 19.9. The van der Waals surface area contributed by atoms with E-state index >= 15 is 0 Å². The number of halogens is 1. The number of aryl methyl sites for hydroxylation is 1. The van der Waals surface area contributed by atoms with Crippen LogP contribution in [0.4, 0.5) is 0 Å². The van der Waals surface area contributed by atoms with Crippen LogP contribution in [-0.4, -0.2) is 33.1 Å². The lowest BCUT2D eigenvalue weighted by molar-refractivity contribution is -0.119. The van der Waals surface area contributed by atoms with Gasteiger partial charge in [-0.25, -0.2) is 23.4 Å². The van der Waals surface area contributed by atoms with Crippen molar-refractivity contribution in [3.8, 4) is 5.75 Å². The summed E-state index contributed by atoms with van der Waals surface area (Å²) in [5.41, 5.74) is 4.08. The molecule has 0 spiro atoms. The molecular weight excluding hydrogens is 510 g/mol. The van der Waals surface area contributed by atoms with Gasteiger partial charge in [-0.15, -0.1) is 0 Å². The minimum Gasteiger partial charge on any atom is -0.422 e. The van der Waals surface area contributed by atoms with Crippen LogP contribution in [0.2, 0.25) is 0 Å². The van der Waals surface area contributed by atoms with E-state index in [0.717, 1.165) is 5.56 Å². The van der Waals surface area contributed by atoms with Crippen molar-refractivity contribution in [2.24, 2.45) is 5.10 Å². The van der Waals surface area contributed by atoms with Gasteiger partial charge in [0.15, 0.2) is 0 Å². The number of sulfonamides is 1. The summed E-state index contributed by atoms with van der Waals surface area (Å²) >= 11 is 3.34. The number of nitrogens with zero attached hydrogens (tertiary/aromatic N) is 1. The summed E-state index contributed by atoms with van der Waals surface area (Å²) in [6, 6.07) is 19.6. The Bertz CT molecular complexity index is 1280. The zero-order chi connectivity index (χ0) is 23.8. The molecule has 0 bridgehead atoms. The number of hydrogen-bond donors (Lipinski definition) is 2. The summed E-state index contributed by atoms with van der Waals surface area (Å²) < 4.78 is 32.7. The largest absolute Gasteiger partial charge is 0.422 e. The van der Waals surface area contributed by atoms with Gasteiger partial charge in [-0.2, -0.15) is 5.10 Å². The van der Waals surface area contributed by atoms with Gasteiger partial charge in [-0.1, -0.05) is 51.8 Å². The van der Waals surface area contributed by atoms with Gasteiger partial charge in [0.2, 0.25) is 10.0 Å². The molecule has 0 aromatic heterocycles. The molecule has 2 N–H and O–H groups in total. The van der Waals surface area contributed by atoms with Gasteiger partial charge in [0.1, 0.15) is 5.75 Å². The number of hydrazone groups is 1. The van der Waals surface area contributed by atoms with E-state index in [9.17, 15) is 18.0 Å². The lowest BCUT2D eigenvalue weighted by atomic mass is 10.1. The Hall–Kier alpha value is -3.34. The highest BCUT2D eigenvalue weighted by molar-refractivity contribution is 9.10. The zero-order valence-electron chi connectivity index (χ0n) is 17.5. The quantitative estimate of drug-likeness (QED) is 0.201. The van der Waals surface area contributed by atoms with Crippen LogP contribution < -0.4 is 14.9 Å². The molecule has 0 unspecified atom stereocenters. The van der Waals surface area contributed by atoms with E-state index in [0.29, 0.717) is 15.6 Å². The first kappa shape index (κ1) is 24.3. The number of hydrogen-bond acceptors (Lipinski definition) is 6. The van der Waals surface area contributed by atoms with Gasteiger partial charge < -0.3 is 4.74 Å². The van der Waals surface area contributed by atoms with Gasteiger partial charge in [0.25, 0.3) is 5.91 Å². The second-order valence-electron chi connectivity index (χ2n) is 6.87. The molecule has 0 radical (unpaired) electrons. The van der Waals surface area contributed by atoms with Crippen LogP contribution in [0.1, 0.15) is 21.5 Å². The Morgan fingerprint density at radius 3 is 2.42 bits per heavy atom. The third-order valence-electron chi connectivity index (χ3n) is 4.33. The smallest absolute Gasteiger partial charge is 0.343 e. The molecule has 3 aromatic carbocycles. The van der Waals surface area contributed by atoms with Gasteiger partial charge in [0.05, 0.1) is 23.2 Å². The first-order valence-electron chi connectivity index (χ1n) is 9.69. The third kappa shape index (κ3) is 7.07. The van der Waals surface area contributed by atoms with Crippen LogP contribution in [0.25, 0.3) is 0 Å². The van der Waals surface area contributed by atoms with E-state index in [-0.39, 0.29) is 10.6 Å². The maximum Gasteiger partial charge on any atom is 0.343 e. The lowest BCUT2D eigenvalue weighted by Gasteiger charge is -2.08. The molecule has 3 rings (SSSR count). The highest BCUT2D eigenvalue weighted by Crippen LogP contribution is 2.23. The van der Waals surface area contributed by atoms with Gasteiger partial charge in [-0.3, -0.25) is 4.79 Å². The minimum absolute atomic E-state index is 0.0514. The van der Waals surface area contributed by atoms with Crippen molar-refractivity contribution in [2.75, 3.05) is 6.54 Å². The molecule has 0 atom stereocenters. The Kier molecular flexibility index (Phi) is 8.10. The van der Waals surface area contributed by atoms with Crippen LogP contribution in [0.3, 0.4) is 0 Å². The number of nitrogens with one attached hydrogen (secondary N) is 2. The maximum absolute atomic E-state index is 12.4. The van der Waals surface area contributed by atoms with Crippen molar-refractivity contribution < 1.29 is 22.7 Å². The highest BCUT2D eigenvalue weighted by atomic mass is 79.9. The molecule has 0 fully saturated rings. The summed E-state index contributed by atoms with van der Waals surface area (Å²) in [6.45, 7) is 1.42. The fourth-order valence-electron chi connectivity index (χ4n) is 2.62. The van der Waals surface area contributed by atoms with Gasteiger partial charge in [0, 0.05) is 10.0 Å². The molecule has 3 aromatic rings. The Labute approximate surface area is 199 Å². The predicted molar refractivity (Wildman–Crippen MR) is 128 cm³/mol. The Morgan fingerprint density at radius 1 is 1.03 bits per heavy atom. The molecule has 1 amide bonds. The van der Waals surface area contributed by atoms with E-state index in [2.05, 4.69) is 31.2 Å². The number of ether oxygens (including phenoxy) is 1. The average molecular weight is 530 g/mol. The molecule has 0 aliphatic rings. The van der Waals surface area contributed by atoms with Crippen LogP contribution in [0, 0.1) is 6.92 Å². The Morgan fingerprint density at radius 2 is 1.73 bits per heavy atom. The monoisotopic (exact) mass is 529 g/mol. The lowest BCUT2D eigenvalue weighted by Crippen LogP contribution is -2.34. The van der Waals surface area contributed by atoms with E-state index in [1.54, 1.807) is 48.5 Å². The first-order valence-corrected chi connectivity index (χ1v) is 12.0. The molecule has 8 nitrogen and oxygen atoms in total. The Balaban J connectivity index is 1.62. The van der Waals surface area contributed by atoms with Gasteiger partial charge >= 0.3 is 5.97 Å². The molecule has 0 saturated carbocycles. The SMILES string of the molecule is Cc1ccc(C(=O)Oc2ccc(Br)cc2/C=N/NC(=O)CNS(=O)(=O)c2ccccc2)cc1. The van der Waals surface area contributed by atoms with E-state index in [1.807, 2.05) is 19.1 Å². The van der Waals surface area contributed by atoms with Crippen LogP contribution >= 0.6 is 15.9 Å². The summed E-state index contributed by atoms with van der Waals surface area (Å²) in [6.07, 6.45) is 1.30. The van der Waals surface area contributed by atoms with E-state index in [4.69, 9.17) is 4.74 Å². The number of carbonyl (C=O) groups excluding carboxylic acids is 2. The average Bonchev–Trinajstić information content (AvgIpc) is 2.80. The predicted octanol–water partition coefficient (Wildman–Crippen LogP) is 3.41. The molecule has 10 heteroatoms. The number of carbonyl (C=O) groups is 2. The summed E-state index contributed by atoms with van der Waals surface area (Å²) in [4.78, 5) is 24.5. The van der Waals surface area contributed by atoms with E-state index < -0.39 is 28.4 Å². The third-order valence-corrected chi connectivity index (χ3v) is 6.24. The highest BCUT2D eigenvalue weighted by Gasteiger charge is 2.15. The maximum atomic E-state index is 12.4. The second-order valence-corrected chi connectivity index (χ2v) is 9.55. The molecule has 170 valence electrons. The van der Waals surface area contributed by atoms with Gasteiger partial charge in [-0.05, 0) is 49.4 Å².